The van der Waals surface area contributed by atoms with Gasteiger partial charge in [-0.25, -0.2) is 16.8 Å². The Morgan fingerprint density at radius 1 is 0.590 bits per heavy atom. The van der Waals surface area contributed by atoms with Gasteiger partial charge in [-0.05, 0) is 85.0 Å². The fourth-order valence-corrected chi connectivity index (χ4v) is 8.82. The second kappa shape index (κ2) is 12.7. The Balaban J connectivity index is 1.30. The van der Waals surface area contributed by atoms with E-state index in [1.54, 1.807) is 48.5 Å². The van der Waals surface area contributed by atoms with E-state index in [1.165, 1.54) is 12.8 Å². The van der Waals surface area contributed by atoms with Crippen LogP contribution >= 0.6 is 0 Å². The molecule has 0 amide bonds. The molecule has 0 aliphatic carbocycles. The number of hydrogen-bond donors (Lipinski definition) is 0. The van der Waals surface area contributed by atoms with Crippen molar-refractivity contribution in [3.63, 3.8) is 0 Å². The van der Waals surface area contributed by atoms with Gasteiger partial charge < -0.3 is 14.5 Å². The zero-order valence-electron chi connectivity index (χ0n) is 23.8. The third kappa shape index (κ3) is 8.52. The molecule has 2 aromatic carbocycles. The second-order valence-electron chi connectivity index (χ2n) is 12.1. The molecule has 0 N–H and O–H groups in total. The molecule has 4 atom stereocenters. The highest BCUT2D eigenvalue weighted by Gasteiger charge is 2.25. The first-order valence-electron chi connectivity index (χ1n) is 14.2. The van der Waals surface area contributed by atoms with E-state index in [0.29, 0.717) is 48.3 Å². The van der Waals surface area contributed by atoms with E-state index in [1.807, 2.05) is 0 Å². The van der Waals surface area contributed by atoms with E-state index in [4.69, 9.17) is 4.74 Å². The fraction of sp³-hybridized carbons (Fsp3) is 0.600. The number of hydrogen-bond acceptors (Lipinski definition) is 7. The van der Waals surface area contributed by atoms with E-state index in [2.05, 4.69) is 37.5 Å². The topological polar surface area (TPSA) is 84.0 Å². The van der Waals surface area contributed by atoms with E-state index in [0.717, 1.165) is 26.2 Å². The standard InChI is InChI=1S/C30H44N2O5S2/c1-23-17-24(2)20-31(19-23)13-15-38(33,34)29-9-5-27(6-10-29)37-28-7-11-30(12-8-28)39(35,36)16-14-32-21-25(3)18-26(4)22-32/h5-12,23-26H,13-22H2,1-4H3/t23-,24-,25-,26+/m0/s1. The Hall–Kier alpha value is -1.94. The van der Waals surface area contributed by atoms with Gasteiger partial charge in [0, 0.05) is 39.3 Å². The van der Waals surface area contributed by atoms with Gasteiger partial charge in [0.25, 0.3) is 0 Å². The molecular formula is C30H44N2O5S2. The van der Waals surface area contributed by atoms with E-state index >= 15 is 0 Å². The molecule has 39 heavy (non-hydrogen) atoms. The summed E-state index contributed by atoms with van der Waals surface area (Å²) in [6.45, 7) is 13.8. The normalized spacial score (nSPS) is 25.4. The average molecular weight is 577 g/mol. The van der Waals surface area contributed by atoms with Crippen molar-refractivity contribution in [3.8, 4) is 11.5 Å². The summed E-state index contributed by atoms with van der Waals surface area (Å²) < 4.78 is 57.5. The van der Waals surface area contributed by atoms with Crippen LogP contribution < -0.4 is 4.74 Å². The van der Waals surface area contributed by atoms with Crippen molar-refractivity contribution in [1.82, 2.24) is 9.80 Å². The van der Waals surface area contributed by atoms with Gasteiger partial charge in [0.2, 0.25) is 0 Å². The second-order valence-corrected chi connectivity index (χ2v) is 16.3. The first kappa shape index (κ1) is 30.0. The van der Waals surface area contributed by atoms with Gasteiger partial charge in [0.1, 0.15) is 11.5 Å². The molecule has 216 valence electrons. The summed E-state index contributed by atoms with van der Waals surface area (Å²) in [6.07, 6.45) is 2.39. The maximum Gasteiger partial charge on any atom is 0.179 e. The molecule has 2 aliphatic rings. The summed E-state index contributed by atoms with van der Waals surface area (Å²) >= 11 is 0. The zero-order valence-corrected chi connectivity index (χ0v) is 25.4. The summed E-state index contributed by atoms with van der Waals surface area (Å²) in [6, 6.07) is 12.9. The molecule has 0 bridgehead atoms. The van der Waals surface area contributed by atoms with Crippen LogP contribution in [0.4, 0.5) is 0 Å². The minimum absolute atomic E-state index is 0.0956. The minimum atomic E-state index is -3.39. The quantitative estimate of drug-likeness (QED) is 0.394. The van der Waals surface area contributed by atoms with Gasteiger partial charge in [0.15, 0.2) is 19.7 Å². The predicted octanol–water partition coefficient (Wildman–Crippen LogP) is 4.98. The number of benzene rings is 2. The summed E-state index contributed by atoms with van der Waals surface area (Å²) in [5.41, 5.74) is 0. The molecule has 2 saturated heterocycles. The highest BCUT2D eigenvalue weighted by atomic mass is 32.2. The Morgan fingerprint density at radius 3 is 1.21 bits per heavy atom. The van der Waals surface area contributed by atoms with Crippen LogP contribution in [0.2, 0.25) is 0 Å². The smallest absolute Gasteiger partial charge is 0.179 e. The lowest BCUT2D eigenvalue weighted by molar-refractivity contribution is 0.148. The van der Waals surface area contributed by atoms with Crippen molar-refractivity contribution in [1.29, 1.82) is 0 Å². The van der Waals surface area contributed by atoms with Crippen molar-refractivity contribution >= 4 is 19.7 Å². The molecule has 9 heteroatoms. The van der Waals surface area contributed by atoms with Crippen molar-refractivity contribution < 1.29 is 21.6 Å². The molecule has 0 spiro atoms. The van der Waals surface area contributed by atoms with Gasteiger partial charge in [0.05, 0.1) is 21.3 Å². The first-order valence-corrected chi connectivity index (χ1v) is 17.5. The van der Waals surface area contributed by atoms with Gasteiger partial charge in [-0.3, -0.25) is 0 Å². The molecular weight excluding hydrogens is 532 g/mol. The van der Waals surface area contributed by atoms with Crippen molar-refractivity contribution in [2.75, 3.05) is 50.8 Å². The van der Waals surface area contributed by atoms with Gasteiger partial charge >= 0.3 is 0 Å². The minimum Gasteiger partial charge on any atom is -0.457 e. The first-order chi connectivity index (χ1) is 18.4. The average Bonchev–Trinajstić information content (AvgIpc) is 2.86. The predicted molar refractivity (Wildman–Crippen MR) is 156 cm³/mol. The maximum absolute atomic E-state index is 12.9. The summed E-state index contributed by atoms with van der Waals surface area (Å²) in [5.74, 6) is 3.55. The van der Waals surface area contributed by atoms with Crippen molar-refractivity contribution in [2.24, 2.45) is 23.7 Å². The Kier molecular flexibility index (Phi) is 9.78. The van der Waals surface area contributed by atoms with Gasteiger partial charge in [-0.2, -0.15) is 0 Å². The van der Waals surface area contributed by atoms with Crippen LogP contribution in [0.1, 0.15) is 40.5 Å². The van der Waals surface area contributed by atoms with Gasteiger partial charge in [-0.15, -0.1) is 0 Å². The Morgan fingerprint density at radius 2 is 0.897 bits per heavy atom. The molecule has 2 aliphatic heterocycles. The third-order valence-electron chi connectivity index (χ3n) is 7.84. The molecule has 0 saturated carbocycles. The number of ether oxygens (including phenoxy) is 1. The number of rotatable bonds is 10. The van der Waals surface area contributed by atoms with Crippen LogP contribution in [0.5, 0.6) is 11.5 Å². The van der Waals surface area contributed by atoms with E-state index < -0.39 is 19.7 Å². The Labute approximate surface area is 235 Å². The van der Waals surface area contributed by atoms with E-state index in [9.17, 15) is 16.8 Å². The van der Waals surface area contributed by atoms with Crippen molar-refractivity contribution in [3.05, 3.63) is 48.5 Å². The molecule has 2 heterocycles. The van der Waals surface area contributed by atoms with Crippen LogP contribution in [-0.4, -0.2) is 77.4 Å². The molecule has 2 fully saturated rings. The van der Waals surface area contributed by atoms with Crippen LogP contribution in [0.25, 0.3) is 0 Å². The molecule has 2 aromatic rings. The molecule has 0 aromatic heterocycles. The molecule has 0 radical (unpaired) electrons. The van der Waals surface area contributed by atoms with Crippen LogP contribution in [0.3, 0.4) is 0 Å². The lowest BCUT2D eigenvalue weighted by atomic mass is 9.92. The van der Waals surface area contributed by atoms with Crippen LogP contribution in [0, 0.1) is 23.7 Å². The van der Waals surface area contributed by atoms with Gasteiger partial charge in [-0.1, -0.05) is 27.7 Å². The van der Waals surface area contributed by atoms with Crippen LogP contribution in [-0.2, 0) is 19.7 Å². The third-order valence-corrected chi connectivity index (χ3v) is 11.3. The number of sulfone groups is 2. The lowest BCUT2D eigenvalue weighted by Crippen LogP contribution is -2.41. The maximum atomic E-state index is 12.9. The number of piperidine rings is 2. The Bertz CT molecular complexity index is 1170. The molecule has 0 unspecified atom stereocenters. The van der Waals surface area contributed by atoms with Crippen LogP contribution in [0.15, 0.2) is 58.3 Å². The molecule has 4 rings (SSSR count). The number of likely N-dealkylation sites (tertiary alicyclic amines) is 2. The lowest BCUT2D eigenvalue weighted by Gasteiger charge is -2.34. The largest absolute Gasteiger partial charge is 0.457 e. The summed E-state index contributed by atoms with van der Waals surface area (Å²) in [5, 5.41) is 0. The SMILES string of the molecule is C[C@@H]1C[C@H](C)CN(CCS(=O)(=O)c2ccc(Oc3ccc(S(=O)(=O)CCN4C[C@@H](C)C[C@H](C)C4)cc3)cc2)C1. The summed E-state index contributed by atoms with van der Waals surface area (Å²) in [7, 11) is -6.79. The highest BCUT2D eigenvalue weighted by Crippen LogP contribution is 2.26. The number of nitrogens with zero attached hydrogens (tertiary/aromatic N) is 2. The molecule has 7 nitrogen and oxygen atoms in total. The summed E-state index contributed by atoms with van der Waals surface area (Å²) in [4.78, 5) is 5.08. The zero-order chi connectivity index (χ0) is 28.2. The van der Waals surface area contributed by atoms with Crippen molar-refractivity contribution in [2.45, 2.75) is 50.3 Å². The highest BCUT2D eigenvalue weighted by molar-refractivity contribution is 7.91. The monoisotopic (exact) mass is 576 g/mol. The fourth-order valence-electron chi connectivity index (χ4n) is 6.25. The van der Waals surface area contributed by atoms with E-state index in [-0.39, 0.29) is 21.3 Å².